The van der Waals surface area contributed by atoms with Crippen LogP contribution in [0.15, 0.2) is 0 Å². The van der Waals surface area contributed by atoms with Gasteiger partial charge < -0.3 is 5.32 Å². The van der Waals surface area contributed by atoms with Crippen molar-refractivity contribution in [3.63, 3.8) is 0 Å². The second-order valence-electron chi connectivity index (χ2n) is 2.80. The average Bonchev–Trinajstić information content (AvgIpc) is 2.24. The van der Waals surface area contributed by atoms with E-state index in [0.29, 0.717) is 0 Å². The Morgan fingerprint density at radius 2 is 1.31 bits per heavy atom. The highest BCUT2D eigenvalue weighted by molar-refractivity contribution is 5.94. The van der Waals surface area contributed by atoms with E-state index in [4.69, 9.17) is 0 Å². The third-order valence-electron chi connectivity index (χ3n) is 1.77. The van der Waals surface area contributed by atoms with E-state index in [2.05, 4.69) is 0 Å². The van der Waals surface area contributed by atoms with E-state index in [-0.39, 0.29) is 6.54 Å². The van der Waals surface area contributed by atoms with Gasteiger partial charge in [0.05, 0.1) is 0 Å². The summed E-state index contributed by atoms with van der Waals surface area (Å²) in [5.41, 5.74) is -1.47. The van der Waals surface area contributed by atoms with Gasteiger partial charge in [0.1, 0.15) is 5.56 Å². The van der Waals surface area contributed by atoms with Crippen LogP contribution < -0.4 is 5.32 Å². The van der Waals surface area contributed by atoms with Gasteiger partial charge >= 0.3 is 0 Å². The summed E-state index contributed by atoms with van der Waals surface area (Å²) in [5, 5.41) is 1.94. The van der Waals surface area contributed by atoms with Crippen molar-refractivity contribution in [2.24, 2.45) is 0 Å². The Labute approximate surface area is 87.1 Å². The highest BCUT2D eigenvalue weighted by Gasteiger charge is 2.29. The number of nitrogens with one attached hydrogen (secondary N) is 1. The van der Waals surface area contributed by atoms with Crippen molar-refractivity contribution in [2.45, 2.75) is 6.92 Å². The number of halogens is 5. The van der Waals surface area contributed by atoms with Crippen LogP contribution in [-0.2, 0) is 0 Å². The molecule has 0 atom stereocenters. The van der Waals surface area contributed by atoms with Crippen molar-refractivity contribution in [2.75, 3.05) is 6.54 Å². The van der Waals surface area contributed by atoms with Crippen LogP contribution in [0.25, 0.3) is 0 Å². The van der Waals surface area contributed by atoms with Crippen molar-refractivity contribution in [3.8, 4) is 0 Å². The lowest BCUT2D eigenvalue weighted by molar-refractivity contribution is 0.0944. The van der Waals surface area contributed by atoms with E-state index in [1.807, 2.05) is 5.32 Å². The van der Waals surface area contributed by atoms with Gasteiger partial charge in [0.2, 0.25) is 5.82 Å². The summed E-state index contributed by atoms with van der Waals surface area (Å²) in [7, 11) is 0. The highest BCUT2D eigenvalue weighted by atomic mass is 19.2. The van der Waals surface area contributed by atoms with Crippen molar-refractivity contribution in [1.29, 1.82) is 0 Å². The second kappa shape index (κ2) is 4.46. The Morgan fingerprint density at radius 3 is 1.69 bits per heavy atom. The van der Waals surface area contributed by atoms with E-state index < -0.39 is 40.6 Å². The Kier molecular flexibility index (Phi) is 3.46. The molecule has 0 aliphatic heterocycles. The van der Waals surface area contributed by atoms with Crippen molar-refractivity contribution < 1.29 is 26.7 Å². The number of hydrogen-bond acceptors (Lipinski definition) is 1. The Bertz CT molecular complexity index is 417. The zero-order valence-corrected chi connectivity index (χ0v) is 8.01. The van der Waals surface area contributed by atoms with Crippen LogP contribution in [0.5, 0.6) is 0 Å². The second-order valence-corrected chi connectivity index (χ2v) is 2.80. The first-order valence-electron chi connectivity index (χ1n) is 4.21. The molecule has 1 N–H and O–H groups in total. The molecule has 0 aliphatic rings. The maximum Gasteiger partial charge on any atom is 0.257 e. The zero-order chi connectivity index (χ0) is 12.5. The molecule has 1 aromatic carbocycles. The third-order valence-corrected chi connectivity index (χ3v) is 1.77. The molecule has 0 unspecified atom stereocenters. The Morgan fingerprint density at radius 1 is 0.938 bits per heavy atom. The summed E-state index contributed by atoms with van der Waals surface area (Å²) in [6.45, 7) is 1.43. The van der Waals surface area contributed by atoms with Gasteiger partial charge in [-0.1, -0.05) is 0 Å². The molecule has 7 heteroatoms. The fourth-order valence-corrected chi connectivity index (χ4v) is 1.05. The van der Waals surface area contributed by atoms with Gasteiger partial charge in [-0.25, -0.2) is 22.0 Å². The maximum atomic E-state index is 13.0. The molecule has 0 radical (unpaired) electrons. The summed E-state index contributed by atoms with van der Waals surface area (Å²) in [6.07, 6.45) is 0. The number of carbonyl (C=O) groups excluding carboxylic acids is 1. The van der Waals surface area contributed by atoms with Crippen LogP contribution in [0.2, 0.25) is 0 Å². The maximum absolute atomic E-state index is 13.0. The number of hydrogen-bond donors (Lipinski definition) is 1. The zero-order valence-electron chi connectivity index (χ0n) is 8.01. The SMILES string of the molecule is CCNC(=O)c1c(F)c(F)c(F)c(F)c1F. The summed E-state index contributed by atoms with van der Waals surface area (Å²) in [5.74, 6) is -12.2. The molecular weight excluding hydrogens is 233 g/mol. The van der Waals surface area contributed by atoms with Gasteiger partial charge in [0.25, 0.3) is 5.91 Å². The summed E-state index contributed by atoms with van der Waals surface area (Å²) >= 11 is 0. The first-order chi connectivity index (χ1) is 7.41. The van der Waals surface area contributed by atoms with Crippen LogP contribution in [0, 0.1) is 29.1 Å². The monoisotopic (exact) mass is 239 g/mol. The molecule has 0 aromatic heterocycles. The molecule has 16 heavy (non-hydrogen) atoms. The molecular formula is C9H6F5NO. The van der Waals surface area contributed by atoms with Crippen LogP contribution in [-0.4, -0.2) is 12.5 Å². The van der Waals surface area contributed by atoms with Gasteiger partial charge in [-0.2, -0.15) is 0 Å². The van der Waals surface area contributed by atoms with E-state index in [1.165, 1.54) is 6.92 Å². The van der Waals surface area contributed by atoms with Crippen molar-refractivity contribution >= 4 is 5.91 Å². The topological polar surface area (TPSA) is 29.1 Å². The van der Waals surface area contributed by atoms with Gasteiger partial charge in [-0.3, -0.25) is 4.79 Å². The standard InChI is InChI=1S/C9H6F5NO/c1-2-15-9(16)3-4(10)6(12)8(14)7(13)5(3)11/h2H2,1H3,(H,15,16). The van der Waals surface area contributed by atoms with E-state index in [9.17, 15) is 26.7 Å². The third kappa shape index (κ3) is 1.84. The van der Waals surface area contributed by atoms with E-state index in [1.54, 1.807) is 0 Å². The van der Waals surface area contributed by atoms with Crippen LogP contribution in [0.3, 0.4) is 0 Å². The van der Waals surface area contributed by atoms with Crippen molar-refractivity contribution in [1.82, 2.24) is 5.32 Å². The number of rotatable bonds is 2. The fourth-order valence-electron chi connectivity index (χ4n) is 1.05. The van der Waals surface area contributed by atoms with Crippen LogP contribution in [0.1, 0.15) is 17.3 Å². The predicted octanol–water partition coefficient (Wildman–Crippen LogP) is 2.13. The highest BCUT2D eigenvalue weighted by Crippen LogP contribution is 2.22. The van der Waals surface area contributed by atoms with Gasteiger partial charge in [-0.05, 0) is 6.92 Å². The van der Waals surface area contributed by atoms with Crippen molar-refractivity contribution in [3.05, 3.63) is 34.6 Å². The lowest BCUT2D eigenvalue weighted by Crippen LogP contribution is -2.26. The summed E-state index contributed by atoms with van der Waals surface area (Å²) in [4.78, 5) is 11.1. The molecule has 0 spiro atoms. The van der Waals surface area contributed by atoms with E-state index >= 15 is 0 Å². The van der Waals surface area contributed by atoms with Gasteiger partial charge in [0.15, 0.2) is 23.3 Å². The van der Waals surface area contributed by atoms with Crippen LogP contribution in [0.4, 0.5) is 22.0 Å². The number of benzene rings is 1. The largest absolute Gasteiger partial charge is 0.352 e. The molecule has 0 saturated carbocycles. The molecule has 0 aliphatic carbocycles. The predicted molar refractivity (Wildman–Crippen MR) is 44.2 cm³/mol. The molecule has 2 nitrogen and oxygen atoms in total. The molecule has 1 amide bonds. The molecule has 0 bridgehead atoms. The normalized spacial score (nSPS) is 10.4. The minimum Gasteiger partial charge on any atom is -0.352 e. The molecule has 1 aromatic rings. The fraction of sp³-hybridized carbons (Fsp3) is 0.222. The molecule has 0 saturated heterocycles. The smallest absolute Gasteiger partial charge is 0.257 e. The van der Waals surface area contributed by atoms with Gasteiger partial charge in [0, 0.05) is 6.54 Å². The number of carbonyl (C=O) groups is 1. The molecule has 88 valence electrons. The van der Waals surface area contributed by atoms with Crippen LogP contribution >= 0.6 is 0 Å². The first kappa shape index (κ1) is 12.4. The minimum absolute atomic E-state index is 0.00166. The lowest BCUT2D eigenvalue weighted by atomic mass is 10.1. The molecule has 1 rings (SSSR count). The lowest BCUT2D eigenvalue weighted by Gasteiger charge is -2.07. The summed E-state index contributed by atoms with van der Waals surface area (Å²) in [6, 6.07) is 0. The van der Waals surface area contributed by atoms with E-state index in [0.717, 1.165) is 0 Å². The minimum atomic E-state index is -2.29. The molecule has 0 fully saturated rings. The average molecular weight is 239 g/mol. The molecule has 0 heterocycles. The quantitative estimate of drug-likeness (QED) is 0.478. The number of amides is 1. The first-order valence-corrected chi connectivity index (χ1v) is 4.21. The Hall–Kier alpha value is -1.66. The Balaban J connectivity index is 3.45. The van der Waals surface area contributed by atoms with Gasteiger partial charge in [-0.15, -0.1) is 0 Å². The summed E-state index contributed by atoms with van der Waals surface area (Å²) < 4.78 is 63.9.